The molecule has 0 unspecified atom stereocenters. The number of hydrogen-bond acceptors (Lipinski definition) is 5. The summed E-state index contributed by atoms with van der Waals surface area (Å²) in [5.41, 5.74) is 1.15. The molecule has 0 saturated heterocycles. The molecule has 0 aliphatic carbocycles. The minimum atomic E-state index is -0.128. The van der Waals surface area contributed by atoms with E-state index in [2.05, 4.69) is 44.2 Å². The van der Waals surface area contributed by atoms with E-state index < -0.39 is 0 Å². The predicted octanol–water partition coefficient (Wildman–Crippen LogP) is 1.26. The predicted molar refractivity (Wildman–Crippen MR) is 84.0 cm³/mol. The van der Waals surface area contributed by atoms with Gasteiger partial charge in [0.05, 0.1) is 5.56 Å². The van der Waals surface area contributed by atoms with Crippen LogP contribution in [0.1, 0.15) is 42.4 Å². The highest BCUT2D eigenvalue weighted by Crippen LogP contribution is 2.11. The summed E-state index contributed by atoms with van der Waals surface area (Å²) in [5, 5.41) is 14.1. The van der Waals surface area contributed by atoms with Crippen LogP contribution >= 0.6 is 0 Å². The molecule has 0 atom stereocenters. The number of hydrogen-bond donors (Lipinski definition) is 1. The van der Waals surface area contributed by atoms with Crippen LogP contribution in [0.5, 0.6) is 0 Å². The number of fused-ring (bicyclic) bond motifs is 1. The molecule has 3 aromatic heterocycles. The van der Waals surface area contributed by atoms with Crippen LogP contribution in [0.4, 0.5) is 0 Å². The lowest BCUT2D eigenvalue weighted by Gasteiger charge is -2.10. The highest BCUT2D eigenvalue weighted by atomic mass is 16.1. The first-order valence-electron chi connectivity index (χ1n) is 7.62. The largest absolute Gasteiger partial charge is 0.352 e. The normalized spacial score (nSPS) is 11.3. The van der Waals surface area contributed by atoms with E-state index in [4.69, 9.17) is 0 Å². The Hall–Kier alpha value is -2.77. The van der Waals surface area contributed by atoms with Gasteiger partial charge < -0.3 is 9.88 Å². The number of imidazole rings is 1. The quantitative estimate of drug-likeness (QED) is 0.692. The number of rotatable bonds is 6. The minimum Gasteiger partial charge on any atom is -0.352 e. The van der Waals surface area contributed by atoms with Crippen molar-refractivity contribution in [3.05, 3.63) is 42.1 Å². The summed E-state index contributed by atoms with van der Waals surface area (Å²) in [5.74, 6) is 1.33. The van der Waals surface area contributed by atoms with Gasteiger partial charge in [0.2, 0.25) is 0 Å². The van der Waals surface area contributed by atoms with Crippen LogP contribution in [-0.2, 0) is 6.54 Å². The van der Waals surface area contributed by atoms with Gasteiger partial charge in [-0.25, -0.2) is 4.98 Å². The highest BCUT2D eigenvalue weighted by Gasteiger charge is 2.09. The van der Waals surface area contributed by atoms with E-state index in [0.717, 1.165) is 18.8 Å². The van der Waals surface area contributed by atoms with Gasteiger partial charge in [-0.3, -0.25) is 4.79 Å². The maximum absolute atomic E-state index is 12.1. The molecule has 1 amide bonds. The molecule has 0 spiro atoms. The Morgan fingerprint density at radius 2 is 2.22 bits per heavy atom. The summed E-state index contributed by atoms with van der Waals surface area (Å²) in [4.78, 5) is 16.5. The van der Waals surface area contributed by atoms with Crippen molar-refractivity contribution in [2.75, 3.05) is 6.54 Å². The minimum absolute atomic E-state index is 0.128. The molecule has 3 heterocycles. The summed E-state index contributed by atoms with van der Waals surface area (Å²) >= 11 is 0. The average molecular weight is 313 g/mol. The Balaban J connectivity index is 1.52. The molecule has 0 bridgehead atoms. The van der Waals surface area contributed by atoms with Crippen molar-refractivity contribution in [3.8, 4) is 0 Å². The maximum Gasteiger partial charge on any atom is 0.252 e. The Morgan fingerprint density at radius 1 is 1.35 bits per heavy atom. The maximum atomic E-state index is 12.1. The Bertz CT molecular complexity index is 805. The second kappa shape index (κ2) is 6.55. The Kier molecular flexibility index (Phi) is 4.31. The zero-order chi connectivity index (χ0) is 16.2. The topological polar surface area (TPSA) is 90.0 Å². The summed E-state index contributed by atoms with van der Waals surface area (Å²) < 4.78 is 3.61. The standard InChI is InChI=1S/C15H19N7O/c1-11(2)14-16-7-9-21(14)8-3-6-17-15(23)12-4-5-13-18-19-20-22(13)10-12/h4-5,7,9-11H,3,6,8H2,1-2H3,(H,17,23). The van der Waals surface area contributed by atoms with E-state index in [1.807, 2.05) is 12.4 Å². The number of carbonyl (C=O) groups is 1. The van der Waals surface area contributed by atoms with Gasteiger partial charge in [-0.1, -0.05) is 13.8 Å². The van der Waals surface area contributed by atoms with E-state index >= 15 is 0 Å². The van der Waals surface area contributed by atoms with Crippen LogP contribution in [-0.4, -0.2) is 42.0 Å². The number of nitrogens with zero attached hydrogens (tertiary/aromatic N) is 6. The fourth-order valence-corrected chi connectivity index (χ4v) is 2.44. The molecule has 23 heavy (non-hydrogen) atoms. The van der Waals surface area contributed by atoms with Gasteiger partial charge in [0.15, 0.2) is 5.65 Å². The summed E-state index contributed by atoms with van der Waals surface area (Å²) in [6.45, 7) is 5.67. The molecular formula is C15H19N7O. The molecule has 1 N–H and O–H groups in total. The summed E-state index contributed by atoms with van der Waals surface area (Å²) in [6.07, 6.45) is 6.25. The van der Waals surface area contributed by atoms with Crippen molar-refractivity contribution in [2.45, 2.75) is 32.7 Å². The van der Waals surface area contributed by atoms with Gasteiger partial charge in [-0.15, -0.1) is 5.10 Å². The first-order valence-corrected chi connectivity index (χ1v) is 7.62. The van der Waals surface area contributed by atoms with E-state index in [1.165, 1.54) is 4.52 Å². The Labute approximate surface area is 133 Å². The third kappa shape index (κ3) is 3.36. The van der Waals surface area contributed by atoms with Gasteiger partial charge in [-0.05, 0) is 29.0 Å². The first kappa shape index (κ1) is 15.1. The zero-order valence-electron chi connectivity index (χ0n) is 13.2. The van der Waals surface area contributed by atoms with Crippen LogP contribution in [0, 0.1) is 0 Å². The monoisotopic (exact) mass is 313 g/mol. The number of carbonyl (C=O) groups excluding carboxylic acids is 1. The lowest BCUT2D eigenvalue weighted by Crippen LogP contribution is -2.25. The van der Waals surface area contributed by atoms with Crippen LogP contribution < -0.4 is 5.32 Å². The van der Waals surface area contributed by atoms with E-state index in [0.29, 0.717) is 23.7 Å². The van der Waals surface area contributed by atoms with Crippen LogP contribution in [0.2, 0.25) is 0 Å². The SMILES string of the molecule is CC(C)c1nccn1CCCNC(=O)c1ccc2nnnn2c1. The summed E-state index contributed by atoms with van der Waals surface area (Å²) in [7, 11) is 0. The van der Waals surface area contributed by atoms with Crippen molar-refractivity contribution in [1.29, 1.82) is 0 Å². The second-order valence-corrected chi connectivity index (χ2v) is 5.64. The third-order valence-corrected chi connectivity index (χ3v) is 3.58. The molecule has 120 valence electrons. The molecule has 3 rings (SSSR count). The van der Waals surface area contributed by atoms with Crippen LogP contribution in [0.15, 0.2) is 30.7 Å². The van der Waals surface area contributed by atoms with Crippen LogP contribution in [0.3, 0.4) is 0 Å². The van der Waals surface area contributed by atoms with Crippen molar-refractivity contribution >= 4 is 11.6 Å². The lowest BCUT2D eigenvalue weighted by molar-refractivity contribution is 0.0952. The summed E-state index contributed by atoms with van der Waals surface area (Å²) in [6, 6.07) is 3.43. The van der Waals surface area contributed by atoms with Gasteiger partial charge in [0.1, 0.15) is 5.82 Å². The molecule has 8 heteroatoms. The van der Waals surface area contributed by atoms with Gasteiger partial charge in [-0.2, -0.15) is 4.52 Å². The van der Waals surface area contributed by atoms with Crippen molar-refractivity contribution in [3.63, 3.8) is 0 Å². The van der Waals surface area contributed by atoms with E-state index in [9.17, 15) is 4.79 Å². The van der Waals surface area contributed by atoms with E-state index in [-0.39, 0.29) is 5.91 Å². The van der Waals surface area contributed by atoms with Gasteiger partial charge >= 0.3 is 0 Å². The first-order chi connectivity index (χ1) is 11.1. The molecule has 0 saturated carbocycles. The smallest absolute Gasteiger partial charge is 0.252 e. The van der Waals surface area contributed by atoms with Crippen molar-refractivity contribution < 1.29 is 4.79 Å². The fraction of sp³-hybridized carbons (Fsp3) is 0.400. The van der Waals surface area contributed by atoms with E-state index in [1.54, 1.807) is 18.3 Å². The van der Waals surface area contributed by atoms with Crippen molar-refractivity contribution in [2.24, 2.45) is 0 Å². The van der Waals surface area contributed by atoms with Gasteiger partial charge in [0, 0.05) is 37.6 Å². The number of aryl methyl sites for hydroxylation is 1. The molecule has 8 nitrogen and oxygen atoms in total. The molecule has 0 aliphatic rings. The third-order valence-electron chi connectivity index (χ3n) is 3.58. The second-order valence-electron chi connectivity index (χ2n) is 5.64. The molecule has 0 aromatic carbocycles. The Morgan fingerprint density at radius 3 is 3.04 bits per heavy atom. The molecule has 3 aromatic rings. The van der Waals surface area contributed by atoms with Crippen LogP contribution in [0.25, 0.3) is 5.65 Å². The number of amides is 1. The molecular weight excluding hydrogens is 294 g/mol. The van der Waals surface area contributed by atoms with Crippen molar-refractivity contribution in [1.82, 2.24) is 34.9 Å². The number of pyridine rings is 1. The highest BCUT2D eigenvalue weighted by molar-refractivity contribution is 5.94. The average Bonchev–Trinajstić information content (AvgIpc) is 3.19. The van der Waals surface area contributed by atoms with Gasteiger partial charge in [0.25, 0.3) is 5.91 Å². The molecule has 0 radical (unpaired) electrons. The number of nitrogens with one attached hydrogen (secondary N) is 1. The fourth-order valence-electron chi connectivity index (χ4n) is 2.44. The molecule has 0 aliphatic heterocycles. The number of aromatic nitrogens is 6. The molecule has 0 fully saturated rings. The lowest BCUT2D eigenvalue weighted by atomic mass is 10.2. The number of tetrazole rings is 1. The zero-order valence-corrected chi connectivity index (χ0v) is 13.2.